The van der Waals surface area contributed by atoms with Crippen LogP contribution in [-0.2, 0) is 19.5 Å². The number of ether oxygens (including phenoxy) is 3. The van der Waals surface area contributed by atoms with Gasteiger partial charge in [-0.05, 0) is 72.7 Å². The van der Waals surface area contributed by atoms with E-state index < -0.39 is 0 Å². The number of fused-ring (bicyclic) bond motifs is 1. The minimum Gasteiger partial charge on any atom is -0.494 e. The monoisotopic (exact) mass is 435 g/mol. The molecular formula is C26H29NO3S. The fraction of sp³-hybridized carbons (Fsp3) is 0.308. The van der Waals surface area contributed by atoms with E-state index in [9.17, 15) is 0 Å². The minimum atomic E-state index is 0.314. The van der Waals surface area contributed by atoms with Gasteiger partial charge >= 0.3 is 0 Å². The molecule has 0 amide bonds. The molecule has 0 spiro atoms. The van der Waals surface area contributed by atoms with Crippen LogP contribution in [0.1, 0.15) is 23.6 Å². The zero-order valence-corrected chi connectivity index (χ0v) is 19.0. The number of rotatable bonds is 10. The van der Waals surface area contributed by atoms with Crippen molar-refractivity contribution in [2.75, 3.05) is 26.2 Å². The van der Waals surface area contributed by atoms with Crippen molar-refractivity contribution in [1.82, 2.24) is 4.90 Å². The van der Waals surface area contributed by atoms with Crippen molar-refractivity contribution in [3.8, 4) is 17.2 Å². The van der Waals surface area contributed by atoms with Gasteiger partial charge in [-0.3, -0.25) is 4.90 Å². The summed E-state index contributed by atoms with van der Waals surface area (Å²) in [5.74, 6) is 2.61. The van der Waals surface area contributed by atoms with E-state index in [2.05, 4.69) is 71.8 Å². The van der Waals surface area contributed by atoms with Crippen LogP contribution in [0.5, 0.6) is 17.2 Å². The third kappa shape index (κ3) is 5.96. The Labute approximate surface area is 189 Å². The summed E-state index contributed by atoms with van der Waals surface area (Å²) in [6.45, 7) is 5.76. The van der Waals surface area contributed by atoms with E-state index in [1.807, 2.05) is 13.0 Å². The molecule has 0 atom stereocenters. The van der Waals surface area contributed by atoms with E-state index in [-0.39, 0.29) is 0 Å². The molecule has 0 N–H and O–H groups in total. The topological polar surface area (TPSA) is 30.9 Å². The Balaban J connectivity index is 1.45. The normalized spacial score (nSPS) is 12.4. The molecule has 0 radical (unpaired) electrons. The van der Waals surface area contributed by atoms with Gasteiger partial charge in [0.15, 0.2) is 11.5 Å². The van der Waals surface area contributed by atoms with Crippen LogP contribution in [0.4, 0.5) is 0 Å². The molecule has 4 nitrogen and oxygen atoms in total. The number of hydrogen-bond acceptors (Lipinski definition) is 5. The predicted molar refractivity (Wildman–Crippen MR) is 126 cm³/mol. The third-order valence-corrected chi connectivity index (χ3v) is 6.10. The van der Waals surface area contributed by atoms with Crippen LogP contribution in [0.15, 0.2) is 71.6 Å². The Morgan fingerprint density at radius 3 is 2.16 bits per heavy atom. The largest absolute Gasteiger partial charge is 0.494 e. The maximum Gasteiger partial charge on any atom is 0.231 e. The van der Waals surface area contributed by atoms with Crippen LogP contribution < -0.4 is 14.2 Å². The van der Waals surface area contributed by atoms with Gasteiger partial charge in [-0.15, -0.1) is 11.8 Å². The molecule has 4 rings (SSSR count). The summed E-state index contributed by atoms with van der Waals surface area (Å²) in [7, 11) is 0. The van der Waals surface area contributed by atoms with Crippen molar-refractivity contribution < 1.29 is 14.2 Å². The molecule has 5 heteroatoms. The second-order valence-corrected chi connectivity index (χ2v) is 8.45. The first-order valence-corrected chi connectivity index (χ1v) is 11.9. The average Bonchev–Trinajstić information content (AvgIpc) is 3.27. The lowest BCUT2D eigenvalue weighted by molar-refractivity contribution is 0.174. The molecule has 0 unspecified atom stereocenters. The molecule has 0 aromatic heterocycles. The highest BCUT2D eigenvalue weighted by atomic mass is 32.2. The van der Waals surface area contributed by atoms with Crippen LogP contribution in [0.25, 0.3) is 0 Å². The summed E-state index contributed by atoms with van der Waals surface area (Å²) in [4.78, 5) is 3.79. The molecular weight excluding hydrogens is 406 g/mol. The van der Waals surface area contributed by atoms with Gasteiger partial charge in [-0.1, -0.05) is 30.3 Å². The maximum absolute atomic E-state index is 5.59. The van der Waals surface area contributed by atoms with Crippen LogP contribution >= 0.6 is 11.8 Å². The second kappa shape index (κ2) is 10.6. The number of nitrogens with zero attached hydrogens (tertiary/aromatic N) is 1. The number of thioether (sulfide) groups is 1. The first-order chi connectivity index (χ1) is 15.2. The Hall–Kier alpha value is -2.63. The molecule has 1 aliphatic rings. The van der Waals surface area contributed by atoms with Crippen LogP contribution in [0.2, 0.25) is 0 Å². The first kappa shape index (κ1) is 21.6. The minimum absolute atomic E-state index is 0.314. The molecule has 0 saturated heterocycles. The molecule has 3 aromatic carbocycles. The number of benzene rings is 3. The Morgan fingerprint density at radius 1 is 0.839 bits per heavy atom. The summed E-state index contributed by atoms with van der Waals surface area (Å²) in [6.07, 6.45) is 3.06. The standard InChI is InChI=1S/C26H29NO3S/c1-3-28-23-9-4-21(5-10-23)17-27(18-22-6-11-24(31-2)12-7-22)15-14-20-8-13-25-26(16-20)30-19-29-25/h4-13,16H,3,14-15,17-19H2,1-2H3. The smallest absolute Gasteiger partial charge is 0.231 e. The molecule has 1 heterocycles. The highest BCUT2D eigenvalue weighted by molar-refractivity contribution is 7.98. The van der Waals surface area contributed by atoms with Crippen LogP contribution in [-0.4, -0.2) is 31.1 Å². The number of hydrogen-bond donors (Lipinski definition) is 0. The maximum atomic E-state index is 5.59. The van der Waals surface area contributed by atoms with Crippen molar-refractivity contribution >= 4 is 11.8 Å². The summed E-state index contributed by atoms with van der Waals surface area (Å²) in [5.41, 5.74) is 3.88. The van der Waals surface area contributed by atoms with Crippen molar-refractivity contribution in [3.05, 3.63) is 83.4 Å². The molecule has 0 fully saturated rings. The fourth-order valence-corrected chi connectivity index (χ4v) is 4.11. The van der Waals surface area contributed by atoms with E-state index in [0.29, 0.717) is 13.4 Å². The van der Waals surface area contributed by atoms with Gasteiger partial charge in [-0.2, -0.15) is 0 Å². The Bertz CT molecular complexity index is 973. The second-order valence-electron chi connectivity index (χ2n) is 7.57. The lowest BCUT2D eigenvalue weighted by Crippen LogP contribution is -2.25. The zero-order valence-electron chi connectivity index (χ0n) is 18.2. The van der Waals surface area contributed by atoms with Crippen molar-refractivity contribution in [2.24, 2.45) is 0 Å². The van der Waals surface area contributed by atoms with Crippen molar-refractivity contribution in [2.45, 2.75) is 31.3 Å². The third-order valence-electron chi connectivity index (χ3n) is 5.36. The lowest BCUT2D eigenvalue weighted by atomic mass is 10.1. The van der Waals surface area contributed by atoms with Gasteiger partial charge in [-0.25, -0.2) is 0 Å². The summed E-state index contributed by atoms with van der Waals surface area (Å²) >= 11 is 1.77. The van der Waals surface area contributed by atoms with Gasteiger partial charge in [0.1, 0.15) is 5.75 Å². The zero-order chi connectivity index (χ0) is 21.5. The van der Waals surface area contributed by atoms with Crippen LogP contribution in [0.3, 0.4) is 0 Å². The van der Waals surface area contributed by atoms with Gasteiger partial charge in [0.2, 0.25) is 6.79 Å². The van der Waals surface area contributed by atoms with Gasteiger partial charge in [0.25, 0.3) is 0 Å². The van der Waals surface area contributed by atoms with E-state index in [4.69, 9.17) is 14.2 Å². The Morgan fingerprint density at radius 2 is 1.48 bits per heavy atom. The van der Waals surface area contributed by atoms with Crippen molar-refractivity contribution in [3.63, 3.8) is 0 Å². The highest BCUT2D eigenvalue weighted by Gasteiger charge is 2.14. The molecule has 1 aliphatic heterocycles. The summed E-state index contributed by atoms with van der Waals surface area (Å²) < 4.78 is 16.6. The first-order valence-electron chi connectivity index (χ1n) is 10.7. The molecule has 31 heavy (non-hydrogen) atoms. The lowest BCUT2D eigenvalue weighted by Gasteiger charge is -2.23. The highest BCUT2D eigenvalue weighted by Crippen LogP contribution is 2.32. The molecule has 0 bridgehead atoms. The quantitative estimate of drug-likeness (QED) is 0.377. The van der Waals surface area contributed by atoms with Gasteiger partial charge < -0.3 is 14.2 Å². The van der Waals surface area contributed by atoms with E-state index >= 15 is 0 Å². The SMILES string of the molecule is CCOc1ccc(CN(CCc2ccc3c(c2)OCO3)Cc2ccc(SC)cc2)cc1. The van der Waals surface area contributed by atoms with Crippen molar-refractivity contribution in [1.29, 1.82) is 0 Å². The van der Waals surface area contributed by atoms with E-state index in [1.165, 1.54) is 21.6 Å². The molecule has 0 aliphatic carbocycles. The molecule has 0 saturated carbocycles. The van der Waals surface area contributed by atoms with E-state index in [1.54, 1.807) is 11.8 Å². The van der Waals surface area contributed by atoms with Gasteiger partial charge in [0, 0.05) is 24.5 Å². The van der Waals surface area contributed by atoms with Crippen LogP contribution in [0, 0.1) is 0 Å². The molecule has 3 aromatic rings. The fourth-order valence-electron chi connectivity index (χ4n) is 3.70. The summed E-state index contributed by atoms with van der Waals surface area (Å²) in [5, 5.41) is 0. The Kier molecular flexibility index (Phi) is 7.39. The predicted octanol–water partition coefficient (Wildman–Crippen LogP) is 5.78. The van der Waals surface area contributed by atoms with E-state index in [0.717, 1.165) is 43.3 Å². The average molecular weight is 436 g/mol. The summed E-state index contributed by atoms with van der Waals surface area (Å²) in [6, 6.07) is 23.6. The molecule has 162 valence electrons. The van der Waals surface area contributed by atoms with Gasteiger partial charge in [0.05, 0.1) is 6.61 Å².